The molecule has 6 heteroatoms. The number of hydrogen-bond donors (Lipinski definition) is 3. The number of carbonyl (C=O) groups excluding carboxylic acids is 2. The van der Waals surface area contributed by atoms with Crippen molar-refractivity contribution in [2.45, 2.75) is 6.42 Å². The summed E-state index contributed by atoms with van der Waals surface area (Å²) in [7, 11) is 3.31. The maximum absolute atomic E-state index is 11.6. The minimum absolute atomic E-state index is 0.152. The summed E-state index contributed by atoms with van der Waals surface area (Å²) in [5.74, 6) is -0.377. The molecule has 0 bridgehead atoms. The largest absolute Gasteiger partial charge is 0.355 e. The van der Waals surface area contributed by atoms with Crippen molar-refractivity contribution in [3.8, 4) is 0 Å². The van der Waals surface area contributed by atoms with E-state index >= 15 is 0 Å². The first-order valence-electron chi connectivity index (χ1n) is 5.54. The molecule has 0 spiro atoms. The lowest BCUT2D eigenvalue weighted by Crippen LogP contribution is -2.20. The molecule has 0 fully saturated rings. The molecule has 98 valence electrons. The minimum atomic E-state index is -0.225. The molecular formula is C12H16ClN3O2. The molecule has 0 aliphatic rings. The Balaban J connectivity index is 2.81. The van der Waals surface area contributed by atoms with E-state index in [4.69, 9.17) is 11.6 Å². The molecule has 1 aromatic carbocycles. The van der Waals surface area contributed by atoms with Crippen molar-refractivity contribution >= 4 is 29.1 Å². The van der Waals surface area contributed by atoms with E-state index in [-0.39, 0.29) is 11.8 Å². The molecule has 0 saturated carbocycles. The van der Waals surface area contributed by atoms with E-state index in [1.165, 1.54) is 0 Å². The summed E-state index contributed by atoms with van der Waals surface area (Å²) in [5.41, 5.74) is 0.893. The lowest BCUT2D eigenvalue weighted by Gasteiger charge is -2.09. The zero-order valence-corrected chi connectivity index (χ0v) is 11.1. The fourth-order valence-electron chi connectivity index (χ4n) is 1.36. The zero-order valence-electron chi connectivity index (χ0n) is 10.3. The second-order valence-corrected chi connectivity index (χ2v) is 4.08. The summed E-state index contributed by atoms with van der Waals surface area (Å²) < 4.78 is 0. The van der Waals surface area contributed by atoms with Crippen molar-refractivity contribution < 1.29 is 9.59 Å². The molecule has 0 heterocycles. The van der Waals surface area contributed by atoms with Crippen LogP contribution in [0.2, 0.25) is 5.02 Å². The second-order valence-electron chi connectivity index (χ2n) is 3.68. The SMILES string of the molecule is CNCCC(=O)Nc1cc(C(=O)NC)ccc1Cl. The van der Waals surface area contributed by atoms with Gasteiger partial charge in [-0.2, -0.15) is 0 Å². The number of anilines is 1. The number of halogens is 1. The molecular weight excluding hydrogens is 254 g/mol. The van der Waals surface area contributed by atoms with E-state index in [9.17, 15) is 9.59 Å². The molecule has 2 amide bonds. The average molecular weight is 270 g/mol. The summed E-state index contributed by atoms with van der Waals surface area (Å²) >= 11 is 5.96. The number of benzene rings is 1. The Morgan fingerprint density at radius 3 is 2.61 bits per heavy atom. The molecule has 3 N–H and O–H groups in total. The van der Waals surface area contributed by atoms with Gasteiger partial charge in [0.1, 0.15) is 0 Å². The maximum Gasteiger partial charge on any atom is 0.251 e. The van der Waals surface area contributed by atoms with Gasteiger partial charge >= 0.3 is 0 Å². The first kappa shape index (κ1) is 14.5. The minimum Gasteiger partial charge on any atom is -0.355 e. The van der Waals surface area contributed by atoms with Crippen LogP contribution in [0.25, 0.3) is 0 Å². The molecule has 18 heavy (non-hydrogen) atoms. The number of amides is 2. The number of carbonyl (C=O) groups is 2. The topological polar surface area (TPSA) is 70.2 Å². The molecule has 0 radical (unpaired) electrons. The molecule has 5 nitrogen and oxygen atoms in total. The molecule has 0 atom stereocenters. The number of hydrogen-bond acceptors (Lipinski definition) is 3. The quantitative estimate of drug-likeness (QED) is 0.753. The molecule has 0 aliphatic carbocycles. The van der Waals surface area contributed by atoms with Crippen LogP contribution in [0.3, 0.4) is 0 Å². The number of rotatable bonds is 5. The van der Waals surface area contributed by atoms with E-state index in [0.717, 1.165) is 0 Å². The fourth-order valence-corrected chi connectivity index (χ4v) is 1.52. The summed E-state index contributed by atoms with van der Waals surface area (Å²) in [6.07, 6.45) is 0.344. The Bertz CT molecular complexity index is 449. The summed E-state index contributed by atoms with van der Waals surface area (Å²) in [6.45, 7) is 0.582. The molecule has 1 aromatic rings. The van der Waals surface area contributed by atoms with Crippen LogP contribution in [-0.2, 0) is 4.79 Å². The Kier molecular flexibility index (Phi) is 5.61. The van der Waals surface area contributed by atoms with Crippen LogP contribution in [-0.4, -0.2) is 32.5 Å². The van der Waals surface area contributed by atoms with Crippen LogP contribution < -0.4 is 16.0 Å². The van der Waals surface area contributed by atoms with Crippen LogP contribution >= 0.6 is 11.6 Å². The van der Waals surface area contributed by atoms with Gasteiger partial charge < -0.3 is 16.0 Å². The van der Waals surface area contributed by atoms with Crippen molar-refractivity contribution in [3.05, 3.63) is 28.8 Å². The highest BCUT2D eigenvalue weighted by molar-refractivity contribution is 6.33. The lowest BCUT2D eigenvalue weighted by atomic mass is 10.2. The van der Waals surface area contributed by atoms with Gasteiger partial charge in [0.15, 0.2) is 0 Å². The third kappa shape index (κ3) is 4.01. The van der Waals surface area contributed by atoms with Gasteiger partial charge in [0, 0.05) is 25.6 Å². The normalized spacial score (nSPS) is 9.94. The van der Waals surface area contributed by atoms with Crippen LogP contribution in [0.5, 0.6) is 0 Å². The molecule has 0 saturated heterocycles. The van der Waals surface area contributed by atoms with Gasteiger partial charge in [-0.1, -0.05) is 11.6 Å². The van der Waals surface area contributed by atoms with Crippen molar-refractivity contribution in [2.75, 3.05) is 26.0 Å². The smallest absolute Gasteiger partial charge is 0.251 e. The Morgan fingerprint density at radius 2 is 2.00 bits per heavy atom. The van der Waals surface area contributed by atoms with Gasteiger partial charge in [-0.15, -0.1) is 0 Å². The standard InChI is InChI=1S/C12H16ClN3O2/c1-14-6-5-11(17)16-10-7-8(12(18)15-2)3-4-9(10)13/h3-4,7,14H,5-6H2,1-2H3,(H,15,18)(H,16,17). The summed E-state index contributed by atoms with van der Waals surface area (Å²) in [4.78, 5) is 23.0. The van der Waals surface area contributed by atoms with E-state index in [0.29, 0.717) is 29.2 Å². The Hall–Kier alpha value is -1.59. The predicted octanol–water partition coefficient (Wildman–Crippen LogP) is 1.25. The van der Waals surface area contributed by atoms with Gasteiger partial charge in [-0.3, -0.25) is 9.59 Å². The van der Waals surface area contributed by atoms with E-state index < -0.39 is 0 Å². The van der Waals surface area contributed by atoms with Gasteiger partial charge in [0.2, 0.25) is 5.91 Å². The Labute approximate surface area is 111 Å². The fraction of sp³-hybridized carbons (Fsp3) is 0.333. The van der Waals surface area contributed by atoms with Gasteiger partial charge in [-0.25, -0.2) is 0 Å². The molecule has 0 aromatic heterocycles. The molecule has 0 unspecified atom stereocenters. The third-order valence-electron chi connectivity index (χ3n) is 2.33. The Morgan fingerprint density at radius 1 is 1.28 bits per heavy atom. The predicted molar refractivity (Wildman–Crippen MR) is 72.0 cm³/mol. The lowest BCUT2D eigenvalue weighted by molar-refractivity contribution is -0.116. The molecule has 1 rings (SSSR count). The maximum atomic E-state index is 11.6. The van der Waals surface area contributed by atoms with Gasteiger partial charge in [0.05, 0.1) is 10.7 Å². The van der Waals surface area contributed by atoms with Gasteiger partial charge in [-0.05, 0) is 25.2 Å². The van der Waals surface area contributed by atoms with Crippen molar-refractivity contribution in [2.24, 2.45) is 0 Å². The molecule has 0 aliphatic heterocycles. The van der Waals surface area contributed by atoms with E-state index in [2.05, 4.69) is 16.0 Å². The van der Waals surface area contributed by atoms with Crippen molar-refractivity contribution in [1.29, 1.82) is 0 Å². The van der Waals surface area contributed by atoms with Crippen LogP contribution in [0.15, 0.2) is 18.2 Å². The highest BCUT2D eigenvalue weighted by Crippen LogP contribution is 2.23. The summed E-state index contributed by atoms with van der Waals surface area (Å²) in [6, 6.07) is 4.74. The zero-order chi connectivity index (χ0) is 13.5. The van der Waals surface area contributed by atoms with Gasteiger partial charge in [0.25, 0.3) is 5.91 Å². The van der Waals surface area contributed by atoms with E-state index in [1.807, 2.05) is 0 Å². The third-order valence-corrected chi connectivity index (χ3v) is 2.66. The van der Waals surface area contributed by atoms with E-state index in [1.54, 1.807) is 32.3 Å². The second kappa shape index (κ2) is 6.98. The first-order chi connectivity index (χ1) is 8.58. The number of nitrogens with one attached hydrogen (secondary N) is 3. The van der Waals surface area contributed by atoms with Crippen LogP contribution in [0.1, 0.15) is 16.8 Å². The van der Waals surface area contributed by atoms with Crippen molar-refractivity contribution in [1.82, 2.24) is 10.6 Å². The van der Waals surface area contributed by atoms with Crippen LogP contribution in [0.4, 0.5) is 5.69 Å². The highest BCUT2D eigenvalue weighted by atomic mass is 35.5. The van der Waals surface area contributed by atoms with Crippen LogP contribution in [0, 0.1) is 0 Å². The summed E-state index contributed by atoms with van der Waals surface area (Å²) in [5, 5.41) is 8.47. The monoisotopic (exact) mass is 269 g/mol. The highest BCUT2D eigenvalue weighted by Gasteiger charge is 2.09. The first-order valence-corrected chi connectivity index (χ1v) is 5.92. The average Bonchev–Trinajstić information content (AvgIpc) is 2.38. The van der Waals surface area contributed by atoms with Crippen molar-refractivity contribution in [3.63, 3.8) is 0 Å².